The van der Waals surface area contributed by atoms with Gasteiger partial charge in [-0.3, -0.25) is 4.79 Å². The van der Waals surface area contributed by atoms with E-state index >= 15 is 0 Å². The van der Waals surface area contributed by atoms with Crippen molar-refractivity contribution in [1.82, 2.24) is 10.6 Å². The summed E-state index contributed by atoms with van der Waals surface area (Å²) in [7, 11) is 1.62. The van der Waals surface area contributed by atoms with Crippen molar-refractivity contribution in [3.63, 3.8) is 0 Å². The minimum atomic E-state index is -0.333. The van der Waals surface area contributed by atoms with Crippen molar-refractivity contribution in [3.05, 3.63) is 70.9 Å². The number of allylic oxidation sites excluding steroid dienone is 1. The molecule has 1 heterocycles. The van der Waals surface area contributed by atoms with Gasteiger partial charge in [0.15, 0.2) is 5.11 Å². The zero-order valence-corrected chi connectivity index (χ0v) is 15.7. The molecule has 1 aliphatic rings. The second kappa shape index (κ2) is 7.58. The monoisotopic (exact) mass is 367 g/mol. The van der Waals surface area contributed by atoms with Crippen molar-refractivity contribution in [3.8, 4) is 5.75 Å². The molecule has 1 atom stereocenters. The third kappa shape index (κ3) is 3.86. The molecule has 3 rings (SSSR count). The van der Waals surface area contributed by atoms with E-state index in [-0.39, 0.29) is 11.9 Å². The Bertz CT molecular complexity index is 858. The lowest BCUT2D eigenvalue weighted by atomic mass is 9.95. The highest BCUT2D eigenvalue weighted by molar-refractivity contribution is 7.80. The van der Waals surface area contributed by atoms with Crippen LogP contribution in [0, 0.1) is 6.92 Å². The predicted octanol–water partition coefficient (Wildman–Crippen LogP) is 3.44. The van der Waals surface area contributed by atoms with Gasteiger partial charge in [-0.15, -0.1) is 0 Å². The number of hydrogen-bond acceptors (Lipinski definition) is 3. The number of hydrogen-bond donors (Lipinski definition) is 3. The van der Waals surface area contributed by atoms with Crippen LogP contribution in [0.2, 0.25) is 0 Å². The fraction of sp³-hybridized carbons (Fsp3) is 0.200. The average molecular weight is 367 g/mol. The number of nitrogens with one attached hydrogen (secondary N) is 3. The first kappa shape index (κ1) is 17.9. The van der Waals surface area contributed by atoms with Crippen molar-refractivity contribution in [2.45, 2.75) is 19.9 Å². The van der Waals surface area contributed by atoms with Crippen LogP contribution >= 0.6 is 12.2 Å². The minimum absolute atomic E-state index is 0.172. The normalized spacial score (nSPS) is 16.6. The maximum atomic E-state index is 13.0. The smallest absolute Gasteiger partial charge is 0.255 e. The molecule has 2 aromatic rings. The van der Waals surface area contributed by atoms with E-state index in [2.05, 4.69) is 16.0 Å². The molecule has 1 unspecified atom stereocenters. The van der Waals surface area contributed by atoms with Crippen LogP contribution in [-0.4, -0.2) is 18.1 Å². The average Bonchev–Trinajstić information content (AvgIpc) is 2.63. The number of aryl methyl sites for hydroxylation is 1. The summed E-state index contributed by atoms with van der Waals surface area (Å²) in [5.41, 5.74) is 4.16. The molecule has 134 valence electrons. The quantitative estimate of drug-likeness (QED) is 0.723. The van der Waals surface area contributed by atoms with Crippen LogP contribution in [-0.2, 0) is 4.79 Å². The van der Waals surface area contributed by atoms with Crippen LogP contribution in [0.5, 0.6) is 5.75 Å². The molecule has 0 aliphatic carbocycles. The summed E-state index contributed by atoms with van der Waals surface area (Å²) in [6, 6.07) is 15.0. The zero-order valence-electron chi connectivity index (χ0n) is 14.9. The topological polar surface area (TPSA) is 62.4 Å². The highest BCUT2D eigenvalue weighted by atomic mass is 32.1. The minimum Gasteiger partial charge on any atom is -0.497 e. The molecule has 1 aliphatic heterocycles. The van der Waals surface area contributed by atoms with Gasteiger partial charge < -0.3 is 20.7 Å². The lowest BCUT2D eigenvalue weighted by Gasteiger charge is -2.30. The maximum absolute atomic E-state index is 13.0. The fourth-order valence-electron chi connectivity index (χ4n) is 2.88. The highest BCUT2D eigenvalue weighted by Gasteiger charge is 2.29. The molecular formula is C20H21N3O2S. The van der Waals surface area contributed by atoms with Gasteiger partial charge in [0, 0.05) is 11.4 Å². The number of methoxy groups -OCH3 is 1. The number of ether oxygens (including phenoxy) is 1. The second-order valence-corrected chi connectivity index (χ2v) is 6.57. The summed E-state index contributed by atoms with van der Waals surface area (Å²) >= 11 is 5.28. The number of carbonyl (C=O) groups is 1. The van der Waals surface area contributed by atoms with Crippen molar-refractivity contribution in [1.29, 1.82) is 0 Å². The van der Waals surface area contributed by atoms with Gasteiger partial charge >= 0.3 is 0 Å². The number of rotatable bonds is 4. The Kier molecular flexibility index (Phi) is 5.23. The molecule has 0 fully saturated rings. The lowest BCUT2D eigenvalue weighted by Crippen LogP contribution is -2.45. The molecule has 2 aromatic carbocycles. The predicted molar refractivity (Wildman–Crippen MR) is 107 cm³/mol. The van der Waals surface area contributed by atoms with E-state index in [9.17, 15) is 4.79 Å². The zero-order chi connectivity index (χ0) is 18.7. The Balaban J connectivity index is 1.91. The molecule has 0 saturated carbocycles. The van der Waals surface area contributed by atoms with Crippen molar-refractivity contribution in [2.75, 3.05) is 12.4 Å². The third-order valence-electron chi connectivity index (χ3n) is 4.27. The van der Waals surface area contributed by atoms with Crippen molar-refractivity contribution in [2.24, 2.45) is 0 Å². The van der Waals surface area contributed by atoms with Crippen LogP contribution in [0.3, 0.4) is 0 Å². The fourth-order valence-corrected chi connectivity index (χ4v) is 3.15. The first-order valence-corrected chi connectivity index (χ1v) is 8.69. The molecule has 3 N–H and O–H groups in total. The molecule has 0 saturated heterocycles. The van der Waals surface area contributed by atoms with Gasteiger partial charge in [0.1, 0.15) is 5.75 Å². The third-order valence-corrected chi connectivity index (χ3v) is 4.49. The standard InChI is InChI=1S/C20H21N3O2S/c1-12-4-8-15(9-5-12)22-19(24)17-13(2)21-20(26)23-18(17)14-6-10-16(25-3)11-7-14/h4-11,18H,1-3H3,(H,22,24)(H2,21,23,26). The summed E-state index contributed by atoms with van der Waals surface area (Å²) in [6.45, 7) is 3.86. The molecule has 0 bridgehead atoms. The van der Waals surface area contributed by atoms with E-state index in [1.807, 2.05) is 62.4 Å². The van der Waals surface area contributed by atoms with E-state index in [1.54, 1.807) is 7.11 Å². The van der Waals surface area contributed by atoms with Gasteiger partial charge in [-0.25, -0.2) is 0 Å². The summed E-state index contributed by atoms with van der Waals surface area (Å²) in [6.07, 6.45) is 0. The van der Waals surface area contributed by atoms with Crippen molar-refractivity contribution >= 4 is 28.9 Å². The van der Waals surface area contributed by atoms with Crippen LogP contribution in [0.4, 0.5) is 5.69 Å². The van der Waals surface area contributed by atoms with Gasteiger partial charge in [-0.1, -0.05) is 29.8 Å². The van der Waals surface area contributed by atoms with E-state index in [0.717, 1.165) is 28.3 Å². The lowest BCUT2D eigenvalue weighted by molar-refractivity contribution is -0.113. The number of amides is 1. The van der Waals surface area contributed by atoms with Gasteiger partial charge in [-0.2, -0.15) is 0 Å². The van der Waals surface area contributed by atoms with Crippen LogP contribution < -0.4 is 20.7 Å². The van der Waals surface area contributed by atoms with Gasteiger partial charge in [0.05, 0.1) is 18.7 Å². The largest absolute Gasteiger partial charge is 0.497 e. The summed E-state index contributed by atoms with van der Waals surface area (Å²) in [5, 5.41) is 9.69. The summed E-state index contributed by atoms with van der Waals surface area (Å²) < 4.78 is 5.21. The van der Waals surface area contributed by atoms with Gasteiger partial charge in [-0.05, 0) is 55.9 Å². The van der Waals surface area contributed by atoms with Crippen LogP contribution in [0.25, 0.3) is 0 Å². The second-order valence-electron chi connectivity index (χ2n) is 6.16. The van der Waals surface area contributed by atoms with Crippen LogP contribution in [0.15, 0.2) is 59.8 Å². The molecule has 1 amide bonds. The number of anilines is 1. The van der Waals surface area contributed by atoms with E-state index in [1.165, 1.54) is 0 Å². The SMILES string of the molecule is COc1ccc(C2NC(=S)NC(C)=C2C(=O)Nc2ccc(C)cc2)cc1. The first-order valence-electron chi connectivity index (χ1n) is 8.28. The van der Waals surface area contributed by atoms with E-state index < -0.39 is 0 Å². The molecule has 0 spiro atoms. The summed E-state index contributed by atoms with van der Waals surface area (Å²) in [4.78, 5) is 13.0. The maximum Gasteiger partial charge on any atom is 0.255 e. The Hall–Kier alpha value is -2.86. The van der Waals surface area contributed by atoms with E-state index in [4.69, 9.17) is 17.0 Å². The van der Waals surface area contributed by atoms with E-state index in [0.29, 0.717) is 10.7 Å². The van der Waals surface area contributed by atoms with Gasteiger partial charge in [0.25, 0.3) is 5.91 Å². The molecule has 5 nitrogen and oxygen atoms in total. The highest BCUT2D eigenvalue weighted by Crippen LogP contribution is 2.29. The number of thiocarbonyl (C=S) groups is 1. The Morgan fingerprint density at radius 3 is 2.35 bits per heavy atom. The Labute approximate surface area is 158 Å². The summed E-state index contributed by atoms with van der Waals surface area (Å²) in [5.74, 6) is 0.589. The van der Waals surface area contributed by atoms with Crippen molar-refractivity contribution < 1.29 is 9.53 Å². The first-order chi connectivity index (χ1) is 12.5. The van der Waals surface area contributed by atoms with Crippen LogP contribution in [0.1, 0.15) is 24.1 Å². The number of benzene rings is 2. The van der Waals surface area contributed by atoms with Gasteiger partial charge in [0.2, 0.25) is 0 Å². The number of carbonyl (C=O) groups excluding carboxylic acids is 1. The molecular weight excluding hydrogens is 346 g/mol. The Morgan fingerprint density at radius 1 is 1.08 bits per heavy atom. The molecule has 26 heavy (non-hydrogen) atoms. The Morgan fingerprint density at radius 2 is 1.73 bits per heavy atom. The molecule has 6 heteroatoms. The molecule has 0 radical (unpaired) electrons. The molecule has 0 aromatic heterocycles.